The molecule has 2 atom stereocenters. The summed E-state index contributed by atoms with van der Waals surface area (Å²) in [5, 5.41) is 5.38. The average Bonchev–Trinajstić information content (AvgIpc) is 2.82. The van der Waals surface area contributed by atoms with Gasteiger partial charge in [0.1, 0.15) is 0 Å². The summed E-state index contributed by atoms with van der Waals surface area (Å²) in [6.07, 6.45) is 5.14. The van der Waals surface area contributed by atoms with Crippen molar-refractivity contribution in [1.82, 2.24) is 15.2 Å². The van der Waals surface area contributed by atoms with Gasteiger partial charge in [-0.05, 0) is 32.7 Å². The summed E-state index contributed by atoms with van der Waals surface area (Å²) in [4.78, 5) is 16.7. The summed E-state index contributed by atoms with van der Waals surface area (Å²) >= 11 is 1.27. The fraction of sp³-hybridized carbons (Fsp3) is 0.750. The van der Waals surface area contributed by atoms with Crippen LogP contribution in [0.1, 0.15) is 31.4 Å². The first-order valence-electron chi connectivity index (χ1n) is 6.36. The number of aromatic nitrogens is 1. The molecule has 17 heavy (non-hydrogen) atoms. The molecule has 3 heterocycles. The lowest BCUT2D eigenvalue weighted by molar-refractivity contribution is 0.110. The van der Waals surface area contributed by atoms with Gasteiger partial charge in [-0.1, -0.05) is 11.3 Å². The monoisotopic (exact) mass is 253 g/mol. The largest absolute Gasteiger partial charge is 0.317 e. The van der Waals surface area contributed by atoms with Gasteiger partial charge in [-0.3, -0.25) is 9.69 Å². The molecule has 0 amide bonds. The second-order valence-electron chi connectivity index (χ2n) is 5.19. The van der Waals surface area contributed by atoms with Gasteiger partial charge in [0, 0.05) is 35.7 Å². The highest BCUT2D eigenvalue weighted by Gasteiger charge is 2.40. The Kier molecular flexibility index (Phi) is 3.06. The molecule has 0 aliphatic carbocycles. The quantitative estimate of drug-likeness (QED) is 0.849. The molecule has 0 radical (unpaired) electrons. The molecule has 2 saturated heterocycles. The third kappa shape index (κ3) is 2.19. The van der Waals surface area contributed by atoms with E-state index in [2.05, 4.69) is 22.2 Å². The average molecular weight is 253 g/mol. The van der Waals surface area contributed by atoms with E-state index in [1.807, 2.05) is 5.38 Å². The van der Waals surface area contributed by atoms with Gasteiger partial charge in [0.25, 0.3) is 0 Å². The van der Waals surface area contributed by atoms with Crippen molar-refractivity contribution in [2.75, 3.05) is 7.05 Å². The highest BCUT2D eigenvalue weighted by Crippen LogP contribution is 2.36. The molecule has 94 valence electrons. The van der Waals surface area contributed by atoms with Gasteiger partial charge in [-0.15, -0.1) is 0 Å². The lowest BCUT2D eigenvalue weighted by Crippen LogP contribution is -2.47. The van der Waals surface area contributed by atoms with Gasteiger partial charge >= 0.3 is 4.87 Å². The van der Waals surface area contributed by atoms with Crippen molar-refractivity contribution in [3.8, 4) is 0 Å². The number of piperidine rings is 1. The van der Waals surface area contributed by atoms with E-state index in [0.717, 1.165) is 12.2 Å². The number of thiazole rings is 1. The molecule has 0 spiro atoms. The van der Waals surface area contributed by atoms with Gasteiger partial charge in [0.2, 0.25) is 0 Å². The van der Waals surface area contributed by atoms with Crippen LogP contribution in [0.25, 0.3) is 0 Å². The van der Waals surface area contributed by atoms with E-state index in [4.69, 9.17) is 0 Å². The van der Waals surface area contributed by atoms with E-state index in [9.17, 15) is 4.79 Å². The standard InChI is InChI=1S/C12H19N3OS/c1-13-8-4-10-2-3-11(5-8)15(10)6-9-7-17-12(16)14-9/h7-8,10-11,13H,2-6H2,1H3,(H,14,16). The van der Waals surface area contributed by atoms with Crippen LogP contribution in [0.5, 0.6) is 0 Å². The van der Waals surface area contributed by atoms with E-state index in [1.165, 1.54) is 37.0 Å². The second kappa shape index (κ2) is 4.55. The van der Waals surface area contributed by atoms with Crippen LogP contribution in [0, 0.1) is 0 Å². The molecule has 5 heteroatoms. The Bertz CT molecular complexity index is 427. The zero-order valence-corrected chi connectivity index (χ0v) is 10.9. The molecule has 1 aromatic heterocycles. The van der Waals surface area contributed by atoms with Crippen LogP contribution in [0.2, 0.25) is 0 Å². The maximum absolute atomic E-state index is 11.1. The minimum atomic E-state index is 0.0671. The number of H-pyrrole nitrogens is 1. The highest BCUT2D eigenvalue weighted by molar-refractivity contribution is 7.07. The number of hydrogen-bond donors (Lipinski definition) is 2. The molecular weight excluding hydrogens is 234 g/mol. The molecular formula is C12H19N3OS. The first-order valence-corrected chi connectivity index (χ1v) is 7.24. The maximum atomic E-state index is 11.1. The zero-order valence-electron chi connectivity index (χ0n) is 10.1. The van der Waals surface area contributed by atoms with E-state index >= 15 is 0 Å². The van der Waals surface area contributed by atoms with Crippen LogP contribution in [0.3, 0.4) is 0 Å². The molecule has 4 nitrogen and oxygen atoms in total. The Morgan fingerprint density at radius 3 is 2.71 bits per heavy atom. The Hall–Kier alpha value is -0.650. The number of aromatic amines is 1. The summed E-state index contributed by atoms with van der Waals surface area (Å²) in [6, 6.07) is 2.09. The number of nitrogens with zero attached hydrogens (tertiary/aromatic N) is 1. The van der Waals surface area contributed by atoms with Crippen LogP contribution in [-0.2, 0) is 6.54 Å². The van der Waals surface area contributed by atoms with Gasteiger partial charge < -0.3 is 10.3 Å². The topological polar surface area (TPSA) is 48.1 Å². The van der Waals surface area contributed by atoms with Gasteiger partial charge in [-0.2, -0.15) is 0 Å². The smallest absolute Gasteiger partial charge is 0.304 e. The lowest BCUT2D eigenvalue weighted by atomic mass is 9.97. The Balaban J connectivity index is 1.71. The fourth-order valence-electron chi connectivity index (χ4n) is 3.36. The molecule has 1 aromatic rings. The molecule has 2 fully saturated rings. The molecule has 2 N–H and O–H groups in total. The number of nitrogens with one attached hydrogen (secondary N) is 2. The van der Waals surface area contributed by atoms with E-state index in [1.54, 1.807) is 0 Å². The van der Waals surface area contributed by atoms with Crippen molar-refractivity contribution in [3.05, 3.63) is 20.7 Å². The van der Waals surface area contributed by atoms with Gasteiger partial charge in [0.15, 0.2) is 0 Å². The lowest BCUT2D eigenvalue weighted by Gasteiger charge is -2.38. The first kappa shape index (κ1) is 11.4. The van der Waals surface area contributed by atoms with Crippen molar-refractivity contribution >= 4 is 11.3 Å². The summed E-state index contributed by atoms with van der Waals surface area (Å²) in [6.45, 7) is 0.921. The SMILES string of the molecule is CNC1CC2CCC(C1)N2Cc1csc(=O)[nH]1. The van der Waals surface area contributed by atoms with Gasteiger partial charge in [0.05, 0.1) is 0 Å². The normalized spacial score (nSPS) is 33.1. The van der Waals surface area contributed by atoms with E-state index in [0.29, 0.717) is 18.1 Å². The second-order valence-corrected chi connectivity index (χ2v) is 6.03. The summed E-state index contributed by atoms with van der Waals surface area (Å²) in [5.41, 5.74) is 1.08. The predicted octanol–water partition coefficient (Wildman–Crippen LogP) is 1.15. The number of hydrogen-bond acceptors (Lipinski definition) is 4. The molecule has 2 aliphatic rings. The van der Waals surface area contributed by atoms with Crippen molar-refractivity contribution < 1.29 is 0 Å². The Morgan fingerprint density at radius 1 is 1.47 bits per heavy atom. The Labute approximate surface area is 105 Å². The van der Waals surface area contributed by atoms with Crippen LogP contribution < -0.4 is 10.2 Å². The Morgan fingerprint density at radius 2 is 2.18 bits per heavy atom. The van der Waals surface area contributed by atoms with E-state index in [-0.39, 0.29) is 4.87 Å². The van der Waals surface area contributed by atoms with Crippen LogP contribution in [0.4, 0.5) is 0 Å². The molecule has 2 bridgehead atoms. The molecule has 3 rings (SSSR count). The van der Waals surface area contributed by atoms with Crippen LogP contribution in [-0.4, -0.2) is 35.1 Å². The minimum absolute atomic E-state index is 0.0671. The maximum Gasteiger partial charge on any atom is 0.304 e. The van der Waals surface area contributed by atoms with Crippen molar-refractivity contribution in [1.29, 1.82) is 0 Å². The third-order valence-corrected chi connectivity index (χ3v) is 4.93. The van der Waals surface area contributed by atoms with Gasteiger partial charge in [-0.25, -0.2) is 0 Å². The number of rotatable bonds is 3. The zero-order chi connectivity index (χ0) is 11.8. The van der Waals surface area contributed by atoms with Crippen molar-refractivity contribution in [2.45, 2.75) is 50.4 Å². The summed E-state index contributed by atoms with van der Waals surface area (Å²) in [7, 11) is 2.07. The molecule has 2 aliphatic heterocycles. The van der Waals surface area contributed by atoms with E-state index < -0.39 is 0 Å². The van der Waals surface area contributed by atoms with Crippen LogP contribution >= 0.6 is 11.3 Å². The molecule has 0 aromatic carbocycles. The first-order chi connectivity index (χ1) is 8.26. The summed E-state index contributed by atoms with van der Waals surface area (Å²) < 4.78 is 0. The third-order valence-electron chi connectivity index (χ3n) is 4.22. The highest BCUT2D eigenvalue weighted by atomic mass is 32.1. The predicted molar refractivity (Wildman–Crippen MR) is 69.4 cm³/mol. The molecule has 2 unspecified atom stereocenters. The summed E-state index contributed by atoms with van der Waals surface area (Å²) in [5.74, 6) is 0. The minimum Gasteiger partial charge on any atom is -0.317 e. The fourth-order valence-corrected chi connectivity index (χ4v) is 3.93. The van der Waals surface area contributed by atoms with Crippen LogP contribution in [0.15, 0.2) is 10.2 Å². The van der Waals surface area contributed by atoms with Crippen molar-refractivity contribution in [3.63, 3.8) is 0 Å². The number of fused-ring (bicyclic) bond motifs is 2. The molecule has 0 saturated carbocycles. The van der Waals surface area contributed by atoms with Crippen molar-refractivity contribution in [2.24, 2.45) is 0 Å².